The Morgan fingerprint density at radius 2 is 1.74 bits per heavy atom. The number of carboxylic acid groups (broad SMARTS) is 1. The van der Waals surface area contributed by atoms with Crippen molar-refractivity contribution < 1.29 is 18.3 Å². The molecule has 0 spiro atoms. The molecule has 2 aromatic carbocycles. The number of H-pyrrole nitrogens is 1. The molecule has 140 valence electrons. The van der Waals surface area contributed by atoms with Gasteiger partial charge in [-0.1, -0.05) is 59.8 Å². The monoisotopic (exact) mass is 402 g/mol. The Morgan fingerprint density at radius 3 is 2.33 bits per heavy atom. The number of hydrogen-bond donors (Lipinski definition) is 2. The fourth-order valence-corrected chi connectivity index (χ4v) is 4.84. The van der Waals surface area contributed by atoms with E-state index >= 15 is 0 Å². The van der Waals surface area contributed by atoms with Crippen molar-refractivity contribution in [3.05, 3.63) is 60.2 Å². The van der Waals surface area contributed by atoms with Crippen molar-refractivity contribution in [1.82, 2.24) is 9.97 Å². The number of aromatic amines is 1. The second kappa shape index (κ2) is 7.58. The molecule has 3 rings (SSSR count). The van der Waals surface area contributed by atoms with E-state index in [0.717, 1.165) is 17.3 Å². The van der Waals surface area contributed by atoms with Crippen molar-refractivity contribution in [1.29, 1.82) is 0 Å². The maximum Gasteiger partial charge on any atom is 0.316 e. The highest BCUT2D eigenvalue weighted by molar-refractivity contribution is 8.01. The van der Waals surface area contributed by atoms with Gasteiger partial charge in [-0.25, -0.2) is 13.4 Å². The van der Waals surface area contributed by atoms with Gasteiger partial charge < -0.3 is 10.1 Å². The summed E-state index contributed by atoms with van der Waals surface area (Å²) in [5.74, 6) is -0.663. The van der Waals surface area contributed by atoms with Crippen LogP contribution in [-0.2, 0) is 14.6 Å². The van der Waals surface area contributed by atoms with E-state index in [1.165, 1.54) is 19.1 Å². The summed E-state index contributed by atoms with van der Waals surface area (Å²) in [7, 11) is -3.88. The first-order chi connectivity index (χ1) is 12.8. The first-order valence-corrected chi connectivity index (χ1v) is 10.5. The molecule has 1 unspecified atom stereocenters. The van der Waals surface area contributed by atoms with Gasteiger partial charge in [-0.2, -0.15) is 0 Å². The molecule has 0 aliphatic rings. The van der Waals surface area contributed by atoms with Crippen LogP contribution in [0.1, 0.15) is 12.5 Å². The summed E-state index contributed by atoms with van der Waals surface area (Å²) >= 11 is 0.897. The van der Waals surface area contributed by atoms with E-state index in [0.29, 0.717) is 11.4 Å². The molecule has 3 aromatic rings. The molecule has 0 amide bonds. The van der Waals surface area contributed by atoms with Crippen LogP contribution in [0.4, 0.5) is 0 Å². The molecule has 0 bridgehead atoms. The minimum atomic E-state index is -3.88. The summed E-state index contributed by atoms with van der Waals surface area (Å²) in [5, 5.41) is 8.41. The zero-order valence-electron chi connectivity index (χ0n) is 14.7. The number of thioether (sulfide) groups is 1. The Morgan fingerprint density at radius 1 is 1.11 bits per heavy atom. The van der Waals surface area contributed by atoms with Crippen LogP contribution in [-0.4, -0.2) is 34.7 Å². The second-order valence-corrected chi connectivity index (χ2v) is 9.22. The largest absolute Gasteiger partial charge is 0.480 e. The minimum absolute atomic E-state index is 0.0942. The molecule has 1 heterocycles. The third-order valence-electron chi connectivity index (χ3n) is 3.92. The van der Waals surface area contributed by atoms with Crippen molar-refractivity contribution in [2.45, 2.75) is 34.0 Å². The van der Waals surface area contributed by atoms with E-state index in [1.54, 1.807) is 24.3 Å². The summed E-state index contributed by atoms with van der Waals surface area (Å²) in [6.45, 7) is 3.36. The van der Waals surface area contributed by atoms with Crippen molar-refractivity contribution in [2.24, 2.45) is 0 Å². The van der Waals surface area contributed by atoms with Crippen LogP contribution >= 0.6 is 11.8 Å². The van der Waals surface area contributed by atoms with Gasteiger partial charge in [-0.15, -0.1) is 0 Å². The highest BCUT2D eigenvalue weighted by Crippen LogP contribution is 2.34. The Balaban J connectivity index is 2.13. The number of aryl methyl sites for hydroxylation is 1. The van der Waals surface area contributed by atoms with Crippen LogP contribution in [0.3, 0.4) is 0 Å². The number of carbonyl (C=O) groups is 1. The summed E-state index contributed by atoms with van der Waals surface area (Å²) in [4.78, 5) is 18.6. The molecular weight excluding hydrogens is 384 g/mol. The predicted octanol–water partition coefficient (Wildman–Crippen LogP) is 3.78. The van der Waals surface area contributed by atoms with Gasteiger partial charge in [0.1, 0.15) is 16.1 Å². The van der Waals surface area contributed by atoms with Crippen LogP contribution in [0.15, 0.2) is 69.5 Å². The number of imidazole rings is 1. The lowest BCUT2D eigenvalue weighted by atomic mass is 10.2. The molecule has 1 aromatic heterocycles. The van der Waals surface area contributed by atoms with Gasteiger partial charge in [0.05, 0.1) is 4.90 Å². The molecule has 0 saturated heterocycles. The number of hydrogen-bond acceptors (Lipinski definition) is 5. The molecule has 1 atom stereocenters. The molecule has 0 saturated carbocycles. The van der Waals surface area contributed by atoms with Crippen LogP contribution in [0.5, 0.6) is 0 Å². The lowest BCUT2D eigenvalue weighted by molar-refractivity contribution is -0.136. The summed E-state index contributed by atoms with van der Waals surface area (Å²) < 4.78 is 26.3. The van der Waals surface area contributed by atoms with Gasteiger partial charge in [0.2, 0.25) is 9.84 Å². The normalized spacial score (nSPS) is 12.7. The second-order valence-electron chi connectivity index (χ2n) is 6.00. The molecule has 27 heavy (non-hydrogen) atoms. The smallest absolute Gasteiger partial charge is 0.316 e. The first kappa shape index (κ1) is 19.2. The zero-order chi connectivity index (χ0) is 19.6. The van der Waals surface area contributed by atoms with Gasteiger partial charge in [-0.05, 0) is 26.0 Å². The predicted molar refractivity (Wildman–Crippen MR) is 104 cm³/mol. The van der Waals surface area contributed by atoms with Gasteiger partial charge in [0.25, 0.3) is 0 Å². The van der Waals surface area contributed by atoms with E-state index in [2.05, 4.69) is 9.97 Å². The van der Waals surface area contributed by atoms with Crippen LogP contribution in [0.2, 0.25) is 0 Å². The minimum Gasteiger partial charge on any atom is -0.480 e. The summed E-state index contributed by atoms with van der Waals surface area (Å²) in [6.07, 6.45) is 0. The van der Waals surface area contributed by atoms with Crippen molar-refractivity contribution in [3.63, 3.8) is 0 Å². The highest BCUT2D eigenvalue weighted by atomic mass is 32.2. The van der Waals surface area contributed by atoms with E-state index in [9.17, 15) is 18.3 Å². The van der Waals surface area contributed by atoms with Crippen LogP contribution < -0.4 is 0 Å². The lowest BCUT2D eigenvalue weighted by Gasteiger charge is -2.07. The molecule has 6 nitrogen and oxygen atoms in total. The number of rotatable bonds is 6. The number of aliphatic carboxylic acids is 1. The van der Waals surface area contributed by atoms with Crippen LogP contribution in [0, 0.1) is 6.92 Å². The molecule has 2 N–H and O–H groups in total. The van der Waals surface area contributed by atoms with Gasteiger partial charge in [0.15, 0.2) is 5.03 Å². The average Bonchev–Trinajstić information content (AvgIpc) is 3.07. The van der Waals surface area contributed by atoms with Crippen molar-refractivity contribution in [2.75, 3.05) is 0 Å². The van der Waals surface area contributed by atoms with Gasteiger partial charge >= 0.3 is 5.97 Å². The number of nitrogens with one attached hydrogen (secondary N) is 1. The maximum absolute atomic E-state index is 13.1. The Hall–Kier alpha value is -2.58. The van der Waals surface area contributed by atoms with Crippen LogP contribution in [0.25, 0.3) is 11.4 Å². The molecule has 0 aliphatic carbocycles. The lowest BCUT2D eigenvalue weighted by Crippen LogP contribution is -2.12. The van der Waals surface area contributed by atoms with E-state index in [-0.39, 0.29) is 14.9 Å². The van der Waals surface area contributed by atoms with Gasteiger partial charge in [-0.3, -0.25) is 4.79 Å². The molecular formula is C19H18N2O4S2. The van der Waals surface area contributed by atoms with Crippen molar-refractivity contribution >= 4 is 27.6 Å². The third kappa shape index (κ3) is 4.06. The first-order valence-electron chi connectivity index (χ1n) is 8.15. The standard InChI is InChI=1S/C19H18N2O4S2/c1-12-8-10-15(11-9-12)27(24,25)18-17(26-13(2)19(22)23)20-16(21-18)14-6-4-3-5-7-14/h3-11,13H,1-2H3,(H,20,21)(H,22,23). The highest BCUT2D eigenvalue weighted by Gasteiger charge is 2.28. The topological polar surface area (TPSA) is 100 Å². The Labute approximate surface area is 161 Å². The average molecular weight is 402 g/mol. The number of nitrogens with zero attached hydrogens (tertiary/aromatic N) is 1. The fourth-order valence-electron chi connectivity index (χ4n) is 2.39. The molecule has 0 radical (unpaired) electrons. The quantitative estimate of drug-likeness (QED) is 0.609. The Bertz CT molecular complexity index is 1060. The summed E-state index contributed by atoms with van der Waals surface area (Å²) in [6, 6.07) is 15.6. The number of benzene rings is 2. The fraction of sp³-hybridized carbons (Fsp3) is 0.158. The Kier molecular flexibility index (Phi) is 5.38. The SMILES string of the molecule is Cc1ccc(S(=O)(=O)c2[nH]c(-c3ccccc3)nc2SC(C)C(=O)O)cc1. The molecule has 0 fully saturated rings. The number of aromatic nitrogens is 2. The summed E-state index contributed by atoms with van der Waals surface area (Å²) in [5.41, 5.74) is 1.66. The van der Waals surface area contributed by atoms with E-state index < -0.39 is 21.1 Å². The maximum atomic E-state index is 13.1. The molecule has 8 heteroatoms. The number of sulfone groups is 1. The van der Waals surface area contributed by atoms with E-state index in [1.807, 2.05) is 25.1 Å². The number of carboxylic acids is 1. The molecule has 0 aliphatic heterocycles. The van der Waals surface area contributed by atoms with Crippen molar-refractivity contribution in [3.8, 4) is 11.4 Å². The zero-order valence-corrected chi connectivity index (χ0v) is 16.3. The third-order valence-corrected chi connectivity index (χ3v) is 6.85. The van der Waals surface area contributed by atoms with Gasteiger partial charge in [0, 0.05) is 5.56 Å². The van der Waals surface area contributed by atoms with E-state index in [4.69, 9.17) is 0 Å².